The predicted octanol–water partition coefficient (Wildman–Crippen LogP) is 4.68. The number of alkyl halides is 3. The van der Waals surface area contributed by atoms with Crippen molar-refractivity contribution in [1.82, 2.24) is 0 Å². The summed E-state index contributed by atoms with van der Waals surface area (Å²) in [5.74, 6) is 0. The molecule has 0 saturated carbocycles. The highest BCUT2D eigenvalue weighted by atomic mass is 32.2. The van der Waals surface area contributed by atoms with Gasteiger partial charge in [-0.2, -0.15) is 13.2 Å². The van der Waals surface area contributed by atoms with Crippen molar-refractivity contribution in [3.8, 4) is 0 Å². The van der Waals surface area contributed by atoms with Gasteiger partial charge >= 0.3 is 5.51 Å². The second-order valence-electron chi connectivity index (χ2n) is 4.55. The number of thioether (sulfide) groups is 1. The summed E-state index contributed by atoms with van der Waals surface area (Å²) in [5.41, 5.74) is -1.95. The van der Waals surface area contributed by atoms with Gasteiger partial charge < -0.3 is 0 Å². The number of nitrogens with zero attached hydrogens (tertiary/aromatic N) is 1. The molecule has 1 aromatic rings. The number of hydrogen-bond acceptors (Lipinski definition) is 2. The first kappa shape index (κ1) is 12.5. The van der Waals surface area contributed by atoms with Crippen LogP contribution >= 0.6 is 11.8 Å². The highest BCUT2D eigenvalue weighted by Gasteiger charge is 2.34. The van der Waals surface area contributed by atoms with Crippen molar-refractivity contribution in [2.45, 2.75) is 36.6 Å². The molecule has 1 nitrogen and oxygen atoms in total. The largest absolute Gasteiger partial charge is 0.446 e. The molecule has 2 rings (SSSR count). The summed E-state index contributed by atoms with van der Waals surface area (Å²) in [4.78, 5) is 4.59. The number of benzene rings is 1. The van der Waals surface area contributed by atoms with Gasteiger partial charge in [0.1, 0.15) is 0 Å². The average Bonchev–Trinajstić information content (AvgIpc) is 2.37. The molecule has 92 valence electrons. The van der Waals surface area contributed by atoms with E-state index in [0.29, 0.717) is 0 Å². The summed E-state index contributed by atoms with van der Waals surface area (Å²) in [5, 5.41) is 0. The second kappa shape index (κ2) is 3.77. The Morgan fingerprint density at radius 3 is 2.47 bits per heavy atom. The Hall–Kier alpha value is -0.970. The molecule has 1 aliphatic heterocycles. The molecular weight excluding hydrogens is 247 g/mol. The van der Waals surface area contributed by atoms with E-state index in [2.05, 4.69) is 4.99 Å². The van der Waals surface area contributed by atoms with E-state index in [1.165, 1.54) is 6.07 Å². The van der Waals surface area contributed by atoms with E-state index in [1.54, 1.807) is 12.1 Å². The van der Waals surface area contributed by atoms with Crippen LogP contribution in [0, 0.1) is 0 Å². The lowest BCUT2D eigenvalue weighted by Crippen LogP contribution is -2.22. The Morgan fingerprint density at radius 1 is 1.24 bits per heavy atom. The summed E-state index contributed by atoms with van der Waals surface area (Å²) >= 11 is -0.0822. The van der Waals surface area contributed by atoms with Crippen LogP contribution in [0.5, 0.6) is 0 Å². The van der Waals surface area contributed by atoms with Crippen molar-refractivity contribution < 1.29 is 13.2 Å². The van der Waals surface area contributed by atoms with Gasteiger partial charge in [0.25, 0.3) is 0 Å². The molecule has 0 bridgehead atoms. The van der Waals surface area contributed by atoms with E-state index in [4.69, 9.17) is 0 Å². The Kier molecular flexibility index (Phi) is 2.77. The normalized spacial score (nSPS) is 17.9. The van der Waals surface area contributed by atoms with Gasteiger partial charge in [-0.15, -0.1) is 0 Å². The van der Waals surface area contributed by atoms with Gasteiger partial charge in [0.2, 0.25) is 0 Å². The van der Waals surface area contributed by atoms with Crippen LogP contribution in [0.15, 0.2) is 28.1 Å². The summed E-state index contributed by atoms with van der Waals surface area (Å²) in [6.45, 7) is 5.84. The van der Waals surface area contributed by atoms with Crippen LogP contribution in [-0.4, -0.2) is 11.2 Å². The molecule has 0 amide bonds. The van der Waals surface area contributed by atoms with Gasteiger partial charge in [0.15, 0.2) is 0 Å². The van der Waals surface area contributed by atoms with Crippen LogP contribution < -0.4 is 0 Å². The third kappa shape index (κ3) is 2.34. The average molecular weight is 259 g/mol. The molecule has 0 spiro atoms. The molecule has 5 heteroatoms. The van der Waals surface area contributed by atoms with Crippen LogP contribution in [-0.2, 0) is 5.41 Å². The molecule has 1 aromatic carbocycles. The molecule has 0 N–H and O–H groups in total. The predicted molar refractivity (Wildman–Crippen MR) is 64.1 cm³/mol. The summed E-state index contributed by atoms with van der Waals surface area (Å²) < 4.78 is 36.9. The monoisotopic (exact) mass is 259 g/mol. The van der Waals surface area contributed by atoms with E-state index < -0.39 is 5.51 Å². The lowest BCUT2D eigenvalue weighted by molar-refractivity contribution is -0.0328. The zero-order valence-electron chi connectivity index (χ0n) is 9.72. The summed E-state index contributed by atoms with van der Waals surface area (Å²) in [6.07, 6.45) is 0. The zero-order valence-corrected chi connectivity index (χ0v) is 10.5. The molecule has 1 heterocycles. The van der Waals surface area contributed by atoms with Crippen molar-refractivity contribution >= 4 is 23.2 Å². The van der Waals surface area contributed by atoms with E-state index >= 15 is 0 Å². The lowest BCUT2D eigenvalue weighted by atomic mass is 9.82. The van der Waals surface area contributed by atoms with Gasteiger partial charge in [-0.25, -0.2) is 0 Å². The minimum atomic E-state index is -4.24. The molecule has 0 saturated heterocycles. The van der Waals surface area contributed by atoms with E-state index in [-0.39, 0.29) is 22.1 Å². The van der Waals surface area contributed by atoms with E-state index in [1.807, 2.05) is 20.8 Å². The Balaban J connectivity index is 2.39. The molecular formula is C12H12F3NS. The van der Waals surface area contributed by atoms with Crippen molar-refractivity contribution in [3.63, 3.8) is 0 Å². The number of hydrogen-bond donors (Lipinski definition) is 0. The Morgan fingerprint density at radius 2 is 1.88 bits per heavy atom. The number of aliphatic imine (C=N–C) groups is 1. The smallest absolute Gasteiger partial charge is 0.257 e. The molecule has 0 aliphatic carbocycles. The van der Waals surface area contributed by atoms with Gasteiger partial charge in [-0.05, 0) is 42.4 Å². The maximum absolute atomic E-state index is 12.3. The standard InChI is InChI=1S/C12H12F3NS/c1-7-11(2,3)9-6-8(17-12(13,14)15)4-5-10(9)16-7/h4-6H,1-3H3. The first-order valence-corrected chi connectivity index (χ1v) is 5.98. The Labute approximate surface area is 102 Å². The minimum absolute atomic E-state index is 0.0822. The van der Waals surface area contributed by atoms with Crippen molar-refractivity contribution in [2.24, 2.45) is 4.99 Å². The van der Waals surface area contributed by atoms with E-state index in [9.17, 15) is 13.2 Å². The van der Waals surface area contributed by atoms with Crippen molar-refractivity contribution in [2.75, 3.05) is 0 Å². The minimum Gasteiger partial charge on any atom is -0.257 e. The van der Waals surface area contributed by atoms with Crippen LogP contribution in [0.3, 0.4) is 0 Å². The van der Waals surface area contributed by atoms with Gasteiger partial charge in [0, 0.05) is 16.0 Å². The summed E-state index contributed by atoms with van der Waals surface area (Å²) in [6, 6.07) is 4.71. The second-order valence-corrected chi connectivity index (χ2v) is 5.69. The zero-order chi connectivity index (χ0) is 12.8. The maximum Gasteiger partial charge on any atom is 0.446 e. The van der Waals surface area contributed by atoms with Crippen LogP contribution in [0.4, 0.5) is 18.9 Å². The number of fused-ring (bicyclic) bond motifs is 1. The SMILES string of the molecule is CC1=Nc2ccc(SC(F)(F)F)cc2C1(C)C. The maximum atomic E-state index is 12.3. The van der Waals surface area contributed by atoms with Crippen LogP contribution in [0.25, 0.3) is 0 Å². The fourth-order valence-electron chi connectivity index (χ4n) is 1.83. The topological polar surface area (TPSA) is 12.4 Å². The van der Waals surface area contributed by atoms with Crippen molar-refractivity contribution in [1.29, 1.82) is 0 Å². The summed E-state index contributed by atoms with van der Waals surface area (Å²) in [7, 11) is 0. The molecule has 1 aliphatic rings. The van der Waals surface area contributed by atoms with Crippen molar-refractivity contribution in [3.05, 3.63) is 23.8 Å². The van der Waals surface area contributed by atoms with Gasteiger partial charge in [-0.3, -0.25) is 4.99 Å². The third-order valence-electron chi connectivity index (χ3n) is 3.07. The molecule has 0 radical (unpaired) electrons. The first-order valence-electron chi connectivity index (χ1n) is 5.16. The molecule has 17 heavy (non-hydrogen) atoms. The third-order valence-corrected chi connectivity index (χ3v) is 3.79. The van der Waals surface area contributed by atoms with E-state index in [0.717, 1.165) is 17.0 Å². The molecule has 0 aromatic heterocycles. The lowest BCUT2D eigenvalue weighted by Gasteiger charge is -2.20. The number of halogens is 3. The fraction of sp³-hybridized carbons (Fsp3) is 0.417. The molecule has 0 atom stereocenters. The Bertz CT molecular complexity index is 489. The quantitative estimate of drug-likeness (QED) is 0.667. The first-order chi connectivity index (χ1) is 7.70. The highest BCUT2D eigenvalue weighted by molar-refractivity contribution is 8.00. The van der Waals surface area contributed by atoms with Gasteiger partial charge in [0.05, 0.1) is 5.69 Å². The van der Waals surface area contributed by atoms with Crippen LogP contribution in [0.2, 0.25) is 0 Å². The van der Waals surface area contributed by atoms with Crippen LogP contribution in [0.1, 0.15) is 26.3 Å². The molecule has 0 fully saturated rings. The highest BCUT2D eigenvalue weighted by Crippen LogP contribution is 2.44. The number of rotatable bonds is 1. The fourth-order valence-corrected chi connectivity index (χ4v) is 2.41. The van der Waals surface area contributed by atoms with Gasteiger partial charge in [-0.1, -0.05) is 13.8 Å². The molecule has 0 unspecified atom stereocenters.